The van der Waals surface area contributed by atoms with Crippen LogP contribution in [0.5, 0.6) is 5.75 Å². The van der Waals surface area contributed by atoms with Gasteiger partial charge in [0.15, 0.2) is 5.75 Å². The van der Waals surface area contributed by atoms with Crippen LogP contribution in [0.4, 0.5) is 5.69 Å². The molecule has 2 unspecified atom stereocenters. The number of nitro benzene ring substituents is 1. The Morgan fingerprint density at radius 2 is 2.29 bits per heavy atom. The normalized spacial score (nSPS) is 20.9. The Morgan fingerprint density at radius 3 is 2.86 bits per heavy atom. The number of benzene rings is 1. The highest BCUT2D eigenvalue weighted by molar-refractivity contribution is 5.85. The second kappa shape index (κ2) is 8.14. The van der Waals surface area contributed by atoms with E-state index in [1.807, 2.05) is 0 Å². The zero-order valence-corrected chi connectivity index (χ0v) is 12.6. The maximum atomic E-state index is 10.9. The van der Waals surface area contributed by atoms with Crippen LogP contribution in [-0.4, -0.2) is 42.9 Å². The number of nitrogens with one attached hydrogen (secondary N) is 2. The summed E-state index contributed by atoms with van der Waals surface area (Å²) in [6.07, 6.45) is -0.326. The fraction of sp³-hybridized carbons (Fsp3) is 0.538. The van der Waals surface area contributed by atoms with Gasteiger partial charge >= 0.3 is 5.69 Å². The molecule has 0 aliphatic carbocycles. The minimum atomic E-state index is -0.451. The fourth-order valence-electron chi connectivity index (χ4n) is 2.32. The predicted molar refractivity (Wildman–Crippen MR) is 81.0 cm³/mol. The van der Waals surface area contributed by atoms with Crippen molar-refractivity contribution in [3.63, 3.8) is 0 Å². The van der Waals surface area contributed by atoms with E-state index in [2.05, 4.69) is 10.6 Å². The number of methoxy groups -OCH3 is 1. The number of halogens is 1. The van der Waals surface area contributed by atoms with Gasteiger partial charge in [0.1, 0.15) is 0 Å². The number of nitro groups is 1. The van der Waals surface area contributed by atoms with Crippen LogP contribution >= 0.6 is 12.4 Å². The third-order valence-electron chi connectivity index (χ3n) is 3.48. The Bertz CT molecular complexity index is 486. The van der Waals surface area contributed by atoms with E-state index in [1.165, 1.54) is 13.2 Å². The number of nitrogens with zero attached hydrogens (tertiary/aromatic N) is 1. The van der Waals surface area contributed by atoms with Gasteiger partial charge in [0.05, 0.1) is 18.1 Å². The minimum absolute atomic E-state index is 0. The van der Waals surface area contributed by atoms with Crippen LogP contribution in [0.3, 0.4) is 0 Å². The molecule has 0 spiro atoms. The predicted octanol–water partition coefficient (Wildman–Crippen LogP) is 0.695. The lowest BCUT2D eigenvalue weighted by Gasteiger charge is -2.14. The smallest absolute Gasteiger partial charge is 0.311 e. The van der Waals surface area contributed by atoms with Crippen LogP contribution in [0.15, 0.2) is 18.2 Å². The lowest BCUT2D eigenvalue weighted by molar-refractivity contribution is -0.385. The molecule has 0 radical (unpaired) electrons. The van der Waals surface area contributed by atoms with E-state index in [0.717, 1.165) is 12.1 Å². The molecule has 1 aliphatic heterocycles. The molecule has 1 aliphatic rings. The highest BCUT2D eigenvalue weighted by atomic mass is 35.5. The standard InChI is InChI=1S/C13H19N3O4.ClH/c1-20-13-3-2-9(4-11(13)16(18)19)5-14-6-10-7-15-8-12(10)17;/h2-4,10,12,14-15,17H,5-8H2,1H3;1H. The van der Waals surface area contributed by atoms with Crippen molar-refractivity contribution in [2.75, 3.05) is 26.7 Å². The maximum Gasteiger partial charge on any atom is 0.311 e. The number of aliphatic hydroxyl groups is 1. The summed E-state index contributed by atoms with van der Waals surface area (Å²) in [6, 6.07) is 4.90. The minimum Gasteiger partial charge on any atom is -0.490 e. The first-order chi connectivity index (χ1) is 9.61. The van der Waals surface area contributed by atoms with E-state index in [-0.39, 0.29) is 35.9 Å². The van der Waals surface area contributed by atoms with Crippen LogP contribution in [0.2, 0.25) is 0 Å². The van der Waals surface area contributed by atoms with E-state index < -0.39 is 4.92 Å². The van der Waals surface area contributed by atoms with Crippen molar-refractivity contribution >= 4 is 18.1 Å². The monoisotopic (exact) mass is 317 g/mol. The molecule has 3 N–H and O–H groups in total. The summed E-state index contributed by atoms with van der Waals surface area (Å²) in [6.45, 7) is 2.61. The maximum absolute atomic E-state index is 10.9. The quantitative estimate of drug-likeness (QED) is 0.528. The van der Waals surface area contributed by atoms with Crippen molar-refractivity contribution < 1.29 is 14.8 Å². The van der Waals surface area contributed by atoms with Gasteiger partial charge in [0, 0.05) is 38.2 Å². The molecule has 0 amide bonds. The van der Waals surface area contributed by atoms with Crippen LogP contribution in [0.25, 0.3) is 0 Å². The molecule has 0 saturated carbocycles. The van der Waals surface area contributed by atoms with E-state index in [9.17, 15) is 15.2 Å². The number of hydrogen-bond donors (Lipinski definition) is 3. The SMILES string of the molecule is COc1ccc(CNCC2CNCC2O)cc1[N+](=O)[O-].Cl. The Hall–Kier alpha value is -1.41. The number of hydrogen-bond acceptors (Lipinski definition) is 6. The van der Waals surface area contributed by atoms with Crippen LogP contribution in [0.1, 0.15) is 5.56 Å². The second-order valence-electron chi connectivity index (χ2n) is 4.88. The largest absolute Gasteiger partial charge is 0.490 e. The van der Waals surface area contributed by atoms with Gasteiger partial charge in [-0.25, -0.2) is 0 Å². The van der Waals surface area contributed by atoms with Gasteiger partial charge in [-0.2, -0.15) is 0 Å². The molecule has 0 aromatic heterocycles. The van der Waals surface area contributed by atoms with Gasteiger partial charge in [-0.05, 0) is 11.6 Å². The summed E-state index contributed by atoms with van der Waals surface area (Å²) in [5.74, 6) is 0.442. The molecule has 7 nitrogen and oxygen atoms in total. The Kier molecular flexibility index (Phi) is 6.83. The summed E-state index contributed by atoms with van der Waals surface area (Å²) in [4.78, 5) is 10.5. The topological polar surface area (TPSA) is 96.7 Å². The van der Waals surface area contributed by atoms with Crippen molar-refractivity contribution in [3.05, 3.63) is 33.9 Å². The third kappa shape index (κ3) is 4.53. The molecule has 1 aromatic rings. The summed E-state index contributed by atoms with van der Waals surface area (Å²) < 4.78 is 4.96. The molecule has 2 rings (SSSR count). The van der Waals surface area contributed by atoms with Crippen molar-refractivity contribution in [3.8, 4) is 5.75 Å². The van der Waals surface area contributed by atoms with Gasteiger partial charge in [-0.1, -0.05) is 6.07 Å². The molecule has 21 heavy (non-hydrogen) atoms. The molecule has 118 valence electrons. The molecule has 1 aromatic carbocycles. The average molecular weight is 318 g/mol. The molecular formula is C13H20ClN3O4. The summed E-state index contributed by atoms with van der Waals surface area (Å²) in [5, 5.41) is 26.9. The molecular weight excluding hydrogens is 298 g/mol. The van der Waals surface area contributed by atoms with Crippen molar-refractivity contribution in [2.45, 2.75) is 12.6 Å². The molecule has 8 heteroatoms. The number of rotatable bonds is 6. The summed E-state index contributed by atoms with van der Waals surface area (Å²) >= 11 is 0. The van der Waals surface area contributed by atoms with Crippen LogP contribution in [0, 0.1) is 16.0 Å². The number of aliphatic hydroxyl groups excluding tert-OH is 1. The van der Waals surface area contributed by atoms with Gasteiger partial charge in [0.25, 0.3) is 0 Å². The molecule has 2 atom stereocenters. The zero-order valence-electron chi connectivity index (χ0n) is 11.7. The second-order valence-corrected chi connectivity index (χ2v) is 4.88. The molecule has 0 bridgehead atoms. The van der Waals surface area contributed by atoms with E-state index in [0.29, 0.717) is 19.6 Å². The summed E-state index contributed by atoms with van der Waals surface area (Å²) in [5.41, 5.74) is 0.785. The van der Waals surface area contributed by atoms with E-state index in [4.69, 9.17) is 4.74 Å². The molecule has 1 fully saturated rings. The first kappa shape index (κ1) is 17.6. The Labute approximate surface area is 129 Å². The van der Waals surface area contributed by atoms with Gasteiger partial charge < -0.3 is 20.5 Å². The number of β-amino-alcohol motifs (C(OH)–C–C–N with tert-alkyl or cyclic N) is 1. The van der Waals surface area contributed by atoms with Crippen molar-refractivity contribution in [1.29, 1.82) is 0 Å². The van der Waals surface area contributed by atoms with Gasteiger partial charge in [-0.3, -0.25) is 10.1 Å². The van der Waals surface area contributed by atoms with Crippen molar-refractivity contribution in [1.82, 2.24) is 10.6 Å². The van der Waals surface area contributed by atoms with Crippen LogP contribution in [-0.2, 0) is 6.54 Å². The third-order valence-corrected chi connectivity index (χ3v) is 3.48. The van der Waals surface area contributed by atoms with Crippen LogP contribution < -0.4 is 15.4 Å². The Morgan fingerprint density at radius 1 is 1.52 bits per heavy atom. The van der Waals surface area contributed by atoms with Gasteiger partial charge in [0.2, 0.25) is 0 Å². The molecule has 1 heterocycles. The highest BCUT2D eigenvalue weighted by Crippen LogP contribution is 2.27. The average Bonchev–Trinajstić information content (AvgIpc) is 2.84. The Balaban J connectivity index is 0.00000220. The highest BCUT2D eigenvalue weighted by Gasteiger charge is 2.24. The van der Waals surface area contributed by atoms with E-state index in [1.54, 1.807) is 12.1 Å². The lowest BCUT2D eigenvalue weighted by Crippen LogP contribution is -2.30. The van der Waals surface area contributed by atoms with E-state index >= 15 is 0 Å². The van der Waals surface area contributed by atoms with Gasteiger partial charge in [-0.15, -0.1) is 12.4 Å². The zero-order chi connectivity index (χ0) is 14.5. The fourth-order valence-corrected chi connectivity index (χ4v) is 2.32. The first-order valence-electron chi connectivity index (χ1n) is 6.52. The summed E-state index contributed by atoms with van der Waals surface area (Å²) in [7, 11) is 1.41. The number of ether oxygens (including phenoxy) is 1. The molecule has 1 saturated heterocycles. The van der Waals surface area contributed by atoms with Crippen molar-refractivity contribution in [2.24, 2.45) is 5.92 Å². The lowest BCUT2D eigenvalue weighted by atomic mass is 10.1. The first-order valence-corrected chi connectivity index (χ1v) is 6.52.